The van der Waals surface area contributed by atoms with E-state index >= 15 is 0 Å². The Balaban J connectivity index is 1.83. The van der Waals surface area contributed by atoms with E-state index in [9.17, 15) is 0 Å². The zero-order chi connectivity index (χ0) is 11.7. The molecule has 17 heavy (non-hydrogen) atoms. The monoisotopic (exact) mass is 233 g/mol. The molecule has 2 aliphatic heterocycles. The van der Waals surface area contributed by atoms with Crippen LogP contribution in [-0.2, 0) is 11.2 Å². The molecule has 2 unspecified atom stereocenters. The summed E-state index contributed by atoms with van der Waals surface area (Å²) in [7, 11) is 2.01. The second-order valence-electron chi connectivity index (χ2n) is 4.86. The highest BCUT2D eigenvalue weighted by atomic mass is 16.5. The van der Waals surface area contributed by atoms with Crippen molar-refractivity contribution in [1.29, 1.82) is 0 Å². The van der Waals surface area contributed by atoms with Gasteiger partial charge in [-0.1, -0.05) is 6.07 Å². The number of fused-ring (bicyclic) bond motifs is 1. The topological polar surface area (TPSA) is 30.5 Å². The molecule has 3 nitrogen and oxygen atoms in total. The molecule has 0 radical (unpaired) electrons. The van der Waals surface area contributed by atoms with E-state index in [0.29, 0.717) is 5.92 Å². The summed E-state index contributed by atoms with van der Waals surface area (Å²) in [6.07, 6.45) is 2.44. The second-order valence-corrected chi connectivity index (χ2v) is 4.86. The maximum absolute atomic E-state index is 5.88. The largest absolute Gasteiger partial charge is 0.493 e. The first-order chi connectivity index (χ1) is 8.38. The highest BCUT2D eigenvalue weighted by Crippen LogP contribution is 2.37. The third kappa shape index (κ3) is 2.05. The van der Waals surface area contributed by atoms with Crippen LogP contribution < -0.4 is 10.1 Å². The number of hydrogen-bond acceptors (Lipinski definition) is 3. The van der Waals surface area contributed by atoms with Crippen molar-refractivity contribution in [3.8, 4) is 5.75 Å². The molecule has 1 saturated heterocycles. The van der Waals surface area contributed by atoms with E-state index in [1.807, 2.05) is 7.05 Å². The lowest BCUT2D eigenvalue weighted by molar-refractivity contribution is 0.0909. The third-order valence-corrected chi connectivity index (χ3v) is 3.72. The Hall–Kier alpha value is -1.06. The van der Waals surface area contributed by atoms with E-state index in [1.165, 1.54) is 11.1 Å². The number of ether oxygens (including phenoxy) is 2. The van der Waals surface area contributed by atoms with Crippen LogP contribution in [0.2, 0.25) is 0 Å². The molecule has 3 heteroatoms. The van der Waals surface area contributed by atoms with Crippen molar-refractivity contribution in [2.45, 2.75) is 18.9 Å². The van der Waals surface area contributed by atoms with E-state index in [0.717, 1.165) is 38.3 Å². The molecule has 0 aromatic heterocycles. The van der Waals surface area contributed by atoms with E-state index in [2.05, 4.69) is 23.5 Å². The quantitative estimate of drug-likeness (QED) is 0.865. The molecule has 0 spiro atoms. The van der Waals surface area contributed by atoms with Gasteiger partial charge >= 0.3 is 0 Å². The molecular weight excluding hydrogens is 214 g/mol. The first kappa shape index (κ1) is 11.1. The van der Waals surface area contributed by atoms with Gasteiger partial charge in [0.05, 0.1) is 12.7 Å². The maximum atomic E-state index is 5.88. The van der Waals surface area contributed by atoms with Crippen LogP contribution in [0, 0.1) is 5.92 Å². The number of hydrogen-bond donors (Lipinski definition) is 1. The van der Waals surface area contributed by atoms with Gasteiger partial charge in [-0.05, 0) is 36.7 Å². The van der Waals surface area contributed by atoms with Crippen LogP contribution in [0.1, 0.15) is 23.7 Å². The van der Waals surface area contributed by atoms with Crippen LogP contribution in [0.15, 0.2) is 18.2 Å². The third-order valence-electron chi connectivity index (χ3n) is 3.72. The molecule has 0 amide bonds. The summed E-state index contributed by atoms with van der Waals surface area (Å²) >= 11 is 0. The molecule has 0 bridgehead atoms. The fourth-order valence-electron chi connectivity index (χ4n) is 2.86. The zero-order valence-electron chi connectivity index (χ0n) is 10.2. The molecule has 2 heterocycles. The van der Waals surface area contributed by atoms with Crippen molar-refractivity contribution in [3.05, 3.63) is 29.3 Å². The van der Waals surface area contributed by atoms with Crippen molar-refractivity contribution in [3.63, 3.8) is 0 Å². The molecule has 0 aliphatic carbocycles. The lowest BCUT2D eigenvalue weighted by Gasteiger charge is -2.19. The Labute approximate surface area is 102 Å². The SMILES string of the molecule is CNCC1CCOC1c1ccc2c(c1)CCO2. The van der Waals surface area contributed by atoms with Gasteiger partial charge in [-0.2, -0.15) is 0 Å². The molecule has 0 saturated carbocycles. The van der Waals surface area contributed by atoms with Gasteiger partial charge in [0.25, 0.3) is 0 Å². The smallest absolute Gasteiger partial charge is 0.122 e. The van der Waals surface area contributed by atoms with Crippen molar-refractivity contribution >= 4 is 0 Å². The Morgan fingerprint density at radius 1 is 1.35 bits per heavy atom. The van der Waals surface area contributed by atoms with E-state index in [-0.39, 0.29) is 6.10 Å². The fourth-order valence-corrected chi connectivity index (χ4v) is 2.86. The van der Waals surface area contributed by atoms with Gasteiger partial charge in [0.2, 0.25) is 0 Å². The maximum Gasteiger partial charge on any atom is 0.122 e. The number of benzene rings is 1. The zero-order valence-corrected chi connectivity index (χ0v) is 10.2. The minimum absolute atomic E-state index is 0.258. The standard InChI is InChI=1S/C14H19NO2/c1-15-9-12-5-7-17-14(12)11-2-3-13-10(8-11)4-6-16-13/h2-3,8,12,14-15H,4-7,9H2,1H3. The summed E-state index contributed by atoms with van der Waals surface area (Å²) in [6.45, 7) is 2.73. The van der Waals surface area contributed by atoms with Crippen molar-refractivity contribution in [2.24, 2.45) is 5.92 Å². The molecule has 1 aromatic rings. The Morgan fingerprint density at radius 3 is 3.18 bits per heavy atom. The lowest BCUT2D eigenvalue weighted by Crippen LogP contribution is -2.21. The van der Waals surface area contributed by atoms with Crippen LogP contribution in [0.25, 0.3) is 0 Å². The Bertz CT molecular complexity index is 405. The predicted molar refractivity (Wildman–Crippen MR) is 66.4 cm³/mol. The first-order valence-corrected chi connectivity index (χ1v) is 6.40. The van der Waals surface area contributed by atoms with Crippen molar-refractivity contribution < 1.29 is 9.47 Å². The molecule has 1 fully saturated rings. The minimum atomic E-state index is 0.258. The highest BCUT2D eigenvalue weighted by molar-refractivity contribution is 5.40. The van der Waals surface area contributed by atoms with Gasteiger partial charge in [-0.25, -0.2) is 0 Å². The fraction of sp³-hybridized carbons (Fsp3) is 0.571. The van der Waals surface area contributed by atoms with Crippen LogP contribution in [0.5, 0.6) is 5.75 Å². The van der Waals surface area contributed by atoms with Gasteiger partial charge in [-0.15, -0.1) is 0 Å². The van der Waals surface area contributed by atoms with Gasteiger partial charge in [0, 0.05) is 25.5 Å². The molecule has 2 aliphatic rings. The van der Waals surface area contributed by atoms with E-state index < -0.39 is 0 Å². The summed E-state index contributed by atoms with van der Waals surface area (Å²) in [4.78, 5) is 0. The van der Waals surface area contributed by atoms with Crippen LogP contribution in [0.3, 0.4) is 0 Å². The van der Waals surface area contributed by atoms with Crippen LogP contribution in [0.4, 0.5) is 0 Å². The molecular formula is C14H19NO2. The summed E-state index contributed by atoms with van der Waals surface area (Å²) in [5.41, 5.74) is 2.65. The van der Waals surface area contributed by atoms with Crippen LogP contribution >= 0.6 is 0 Å². The molecule has 3 rings (SSSR count). The number of nitrogens with one attached hydrogen (secondary N) is 1. The molecule has 2 atom stereocenters. The highest BCUT2D eigenvalue weighted by Gasteiger charge is 2.29. The average Bonchev–Trinajstić information content (AvgIpc) is 2.96. The predicted octanol–water partition coefficient (Wildman–Crippen LogP) is 1.92. The second kappa shape index (κ2) is 4.67. The van der Waals surface area contributed by atoms with Gasteiger partial charge in [0.15, 0.2) is 0 Å². The summed E-state index contributed by atoms with van der Waals surface area (Å²) in [5, 5.41) is 3.26. The summed E-state index contributed by atoms with van der Waals surface area (Å²) < 4.78 is 11.4. The number of rotatable bonds is 3. The van der Waals surface area contributed by atoms with Gasteiger partial charge in [-0.3, -0.25) is 0 Å². The van der Waals surface area contributed by atoms with Crippen molar-refractivity contribution in [1.82, 2.24) is 5.32 Å². The summed E-state index contributed by atoms with van der Waals surface area (Å²) in [6, 6.07) is 6.51. The summed E-state index contributed by atoms with van der Waals surface area (Å²) in [5.74, 6) is 1.65. The van der Waals surface area contributed by atoms with E-state index in [4.69, 9.17) is 9.47 Å². The van der Waals surface area contributed by atoms with Gasteiger partial charge in [0.1, 0.15) is 5.75 Å². The first-order valence-electron chi connectivity index (χ1n) is 6.40. The van der Waals surface area contributed by atoms with Crippen LogP contribution in [-0.4, -0.2) is 26.8 Å². The molecule has 1 N–H and O–H groups in total. The van der Waals surface area contributed by atoms with E-state index in [1.54, 1.807) is 0 Å². The normalized spacial score (nSPS) is 26.9. The minimum Gasteiger partial charge on any atom is -0.493 e. The Morgan fingerprint density at radius 2 is 2.29 bits per heavy atom. The lowest BCUT2D eigenvalue weighted by atomic mass is 9.94. The molecule has 1 aromatic carbocycles. The molecule has 92 valence electrons. The average molecular weight is 233 g/mol. The van der Waals surface area contributed by atoms with Gasteiger partial charge < -0.3 is 14.8 Å². The van der Waals surface area contributed by atoms with Crippen molar-refractivity contribution in [2.75, 3.05) is 26.8 Å². The Kier molecular flexibility index (Phi) is 3.04.